The molecule has 0 saturated heterocycles. The number of hydrogen-bond donors (Lipinski definition) is 1. The van der Waals surface area contributed by atoms with Gasteiger partial charge >= 0.3 is 0 Å². The molecule has 3 heteroatoms. The van der Waals surface area contributed by atoms with Crippen molar-refractivity contribution < 1.29 is 4.52 Å². The summed E-state index contributed by atoms with van der Waals surface area (Å²) in [5.74, 6) is 0. The molecule has 0 fully saturated rings. The van der Waals surface area contributed by atoms with Crippen LogP contribution in [0.15, 0.2) is 10.8 Å². The molecule has 1 aromatic rings. The van der Waals surface area contributed by atoms with Gasteiger partial charge < -0.3 is 10.3 Å². The summed E-state index contributed by atoms with van der Waals surface area (Å²) in [5.41, 5.74) is 7.36. The summed E-state index contributed by atoms with van der Waals surface area (Å²) in [6.07, 6.45) is 2.44. The molecule has 0 aliphatic heterocycles. The third-order valence-electron chi connectivity index (χ3n) is 1.23. The number of aryl methyl sites for hydroxylation is 1. The van der Waals surface area contributed by atoms with Crippen LogP contribution in [0.25, 0.3) is 0 Å². The standard InChI is InChI=1S/C6H10N2O/c1-5-4-9-8-6(5)2-3-7/h4H,2-3,7H2,1H3. The fourth-order valence-corrected chi connectivity index (χ4v) is 0.689. The van der Waals surface area contributed by atoms with Gasteiger partial charge in [-0.2, -0.15) is 0 Å². The van der Waals surface area contributed by atoms with Crippen LogP contribution in [0.1, 0.15) is 11.3 Å². The van der Waals surface area contributed by atoms with Gasteiger partial charge in [-0.05, 0) is 13.5 Å². The molecule has 0 aliphatic carbocycles. The van der Waals surface area contributed by atoms with Crippen LogP contribution in [-0.4, -0.2) is 11.7 Å². The lowest BCUT2D eigenvalue weighted by Gasteiger charge is -1.88. The average molecular weight is 126 g/mol. The van der Waals surface area contributed by atoms with Gasteiger partial charge in [0.1, 0.15) is 6.26 Å². The zero-order valence-corrected chi connectivity index (χ0v) is 5.42. The fraction of sp³-hybridized carbons (Fsp3) is 0.500. The summed E-state index contributed by atoms with van der Waals surface area (Å²) in [6.45, 7) is 2.59. The summed E-state index contributed by atoms with van der Waals surface area (Å²) in [4.78, 5) is 0. The largest absolute Gasteiger partial charge is 0.364 e. The maximum atomic E-state index is 5.31. The summed E-state index contributed by atoms with van der Waals surface area (Å²) < 4.78 is 4.69. The highest BCUT2D eigenvalue weighted by atomic mass is 16.5. The molecule has 0 aromatic carbocycles. The van der Waals surface area contributed by atoms with E-state index in [2.05, 4.69) is 5.16 Å². The fourth-order valence-electron chi connectivity index (χ4n) is 0.689. The highest BCUT2D eigenvalue weighted by Crippen LogP contribution is 2.03. The maximum absolute atomic E-state index is 5.31. The molecule has 0 radical (unpaired) electrons. The van der Waals surface area contributed by atoms with Gasteiger partial charge in [0, 0.05) is 12.0 Å². The predicted molar refractivity (Wildman–Crippen MR) is 34.0 cm³/mol. The third-order valence-corrected chi connectivity index (χ3v) is 1.23. The van der Waals surface area contributed by atoms with Gasteiger partial charge in [0.2, 0.25) is 0 Å². The maximum Gasteiger partial charge on any atom is 0.126 e. The minimum absolute atomic E-state index is 0.632. The van der Waals surface area contributed by atoms with Crippen LogP contribution in [-0.2, 0) is 6.42 Å². The molecule has 1 rings (SSSR count). The van der Waals surface area contributed by atoms with Crippen LogP contribution in [0.3, 0.4) is 0 Å². The topological polar surface area (TPSA) is 52.0 Å². The summed E-state index contributed by atoms with van der Waals surface area (Å²) in [7, 11) is 0. The first-order valence-corrected chi connectivity index (χ1v) is 2.94. The van der Waals surface area contributed by atoms with E-state index in [4.69, 9.17) is 10.3 Å². The molecule has 0 saturated carbocycles. The lowest BCUT2D eigenvalue weighted by Crippen LogP contribution is -2.03. The van der Waals surface area contributed by atoms with Gasteiger partial charge in [0.15, 0.2) is 0 Å². The second kappa shape index (κ2) is 2.64. The number of hydrogen-bond acceptors (Lipinski definition) is 3. The third kappa shape index (κ3) is 1.29. The Morgan fingerprint density at radius 1 is 1.78 bits per heavy atom. The van der Waals surface area contributed by atoms with E-state index in [0.717, 1.165) is 17.7 Å². The SMILES string of the molecule is Cc1conc1CCN. The van der Waals surface area contributed by atoms with E-state index in [1.165, 1.54) is 0 Å². The number of nitrogens with two attached hydrogens (primary N) is 1. The molecule has 0 spiro atoms. The Labute approximate surface area is 53.8 Å². The van der Waals surface area contributed by atoms with Crippen LogP contribution in [0.5, 0.6) is 0 Å². The normalized spacial score (nSPS) is 10.0. The van der Waals surface area contributed by atoms with Gasteiger partial charge in [-0.1, -0.05) is 5.16 Å². The number of nitrogens with zero attached hydrogens (tertiary/aromatic N) is 1. The Balaban J connectivity index is 2.69. The van der Waals surface area contributed by atoms with E-state index in [1.54, 1.807) is 6.26 Å². The Hall–Kier alpha value is -0.830. The molecule has 0 bridgehead atoms. The molecular formula is C6H10N2O. The van der Waals surface area contributed by atoms with Crippen molar-refractivity contribution in [2.75, 3.05) is 6.54 Å². The van der Waals surface area contributed by atoms with Crippen molar-refractivity contribution >= 4 is 0 Å². The van der Waals surface area contributed by atoms with Crippen molar-refractivity contribution in [1.82, 2.24) is 5.16 Å². The van der Waals surface area contributed by atoms with Gasteiger partial charge in [-0.15, -0.1) is 0 Å². The van der Waals surface area contributed by atoms with Crippen molar-refractivity contribution in [2.45, 2.75) is 13.3 Å². The van der Waals surface area contributed by atoms with Gasteiger partial charge in [0.05, 0.1) is 5.69 Å². The highest BCUT2D eigenvalue weighted by Gasteiger charge is 1.99. The van der Waals surface area contributed by atoms with E-state index in [0.29, 0.717) is 6.54 Å². The Morgan fingerprint density at radius 3 is 3.00 bits per heavy atom. The predicted octanol–water partition coefficient (Wildman–Crippen LogP) is 0.484. The first kappa shape index (κ1) is 6.29. The Morgan fingerprint density at radius 2 is 2.56 bits per heavy atom. The molecule has 0 unspecified atom stereocenters. The molecule has 0 aliphatic rings. The second-order valence-electron chi connectivity index (χ2n) is 1.98. The van der Waals surface area contributed by atoms with E-state index in [-0.39, 0.29) is 0 Å². The van der Waals surface area contributed by atoms with E-state index >= 15 is 0 Å². The number of rotatable bonds is 2. The molecular weight excluding hydrogens is 116 g/mol. The van der Waals surface area contributed by atoms with Crippen LogP contribution in [0, 0.1) is 6.92 Å². The first-order valence-electron chi connectivity index (χ1n) is 2.94. The number of aromatic nitrogens is 1. The molecule has 3 nitrogen and oxygen atoms in total. The van der Waals surface area contributed by atoms with Gasteiger partial charge in [0.25, 0.3) is 0 Å². The molecule has 50 valence electrons. The van der Waals surface area contributed by atoms with Crippen molar-refractivity contribution in [3.8, 4) is 0 Å². The van der Waals surface area contributed by atoms with Crippen LogP contribution in [0.2, 0.25) is 0 Å². The molecule has 0 amide bonds. The highest BCUT2D eigenvalue weighted by molar-refractivity contribution is 5.11. The van der Waals surface area contributed by atoms with E-state index in [1.807, 2.05) is 6.92 Å². The van der Waals surface area contributed by atoms with Crippen molar-refractivity contribution in [2.24, 2.45) is 5.73 Å². The second-order valence-corrected chi connectivity index (χ2v) is 1.98. The molecule has 0 atom stereocenters. The first-order chi connectivity index (χ1) is 4.34. The molecule has 1 aromatic heterocycles. The van der Waals surface area contributed by atoms with Crippen molar-refractivity contribution in [3.05, 3.63) is 17.5 Å². The minimum Gasteiger partial charge on any atom is -0.364 e. The zero-order chi connectivity index (χ0) is 6.69. The monoisotopic (exact) mass is 126 g/mol. The van der Waals surface area contributed by atoms with E-state index in [9.17, 15) is 0 Å². The van der Waals surface area contributed by atoms with Gasteiger partial charge in [-0.25, -0.2) is 0 Å². The zero-order valence-electron chi connectivity index (χ0n) is 5.42. The van der Waals surface area contributed by atoms with Crippen molar-refractivity contribution in [3.63, 3.8) is 0 Å². The van der Waals surface area contributed by atoms with E-state index < -0.39 is 0 Å². The summed E-state index contributed by atoms with van der Waals surface area (Å²) >= 11 is 0. The van der Waals surface area contributed by atoms with Crippen LogP contribution < -0.4 is 5.73 Å². The lowest BCUT2D eigenvalue weighted by atomic mass is 10.2. The van der Waals surface area contributed by atoms with Crippen LogP contribution >= 0.6 is 0 Å². The molecule has 9 heavy (non-hydrogen) atoms. The Bertz CT molecular complexity index is 183. The molecule has 2 N–H and O–H groups in total. The average Bonchev–Trinajstić information content (AvgIpc) is 2.18. The smallest absolute Gasteiger partial charge is 0.126 e. The molecule has 1 heterocycles. The quantitative estimate of drug-likeness (QED) is 0.627. The van der Waals surface area contributed by atoms with Crippen LogP contribution in [0.4, 0.5) is 0 Å². The van der Waals surface area contributed by atoms with Gasteiger partial charge in [-0.3, -0.25) is 0 Å². The minimum atomic E-state index is 0.632. The summed E-state index contributed by atoms with van der Waals surface area (Å²) in [5, 5.41) is 3.75. The lowest BCUT2D eigenvalue weighted by molar-refractivity contribution is 0.411. The van der Waals surface area contributed by atoms with Crippen molar-refractivity contribution in [1.29, 1.82) is 0 Å². The summed E-state index contributed by atoms with van der Waals surface area (Å²) in [6, 6.07) is 0. The Kier molecular flexibility index (Phi) is 1.85.